The fraction of sp³-hybridized carbons (Fsp3) is 0.844. The van der Waals surface area contributed by atoms with E-state index >= 15 is 0 Å². The minimum absolute atomic E-state index is 0.0382. The Labute approximate surface area is 210 Å². The number of allylic oxidation sites excluding steroid dienone is 4. The van der Waals surface area contributed by atoms with Crippen LogP contribution >= 0.6 is 0 Å². The molecule has 34 heavy (non-hydrogen) atoms. The van der Waals surface area contributed by atoms with E-state index in [2.05, 4.69) is 61.5 Å². The molecule has 2 saturated carbocycles. The monoisotopic (exact) mass is 468 g/mol. The van der Waals surface area contributed by atoms with Crippen LogP contribution in [0, 0.1) is 39.4 Å². The molecular weight excluding hydrogens is 416 g/mol. The molecule has 0 N–H and O–H groups in total. The highest BCUT2D eigenvalue weighted by molar-refractivity contribution is 5.66. The van der Waals surface area contributed by atoms with Gasteiger partial charge in [-0.3, -0.25) is 4.79 Å². The lowest BCUT2D eigenvalue weighted by Gasteiger charge is -2.62. The zero-order valence-corrected chi connectivity index (χ0v) is 23.8. The Bertz CT molecular complexity index is 873. The van der Waals surface area contributed by atoms with Gasteiger partial charge in [-0.1, -0.05) is 64.3 Å². The quantitative estimate of drug-likeness (QED) is 0.297. The normalized spacial score (nSPS) is 41.7. The van der Waals surface area contributed by atoms with Gasteiger partial charge in [0.2, 0.25) is 0 Å². The minimum atomic E-state index is -0.117. The number of ether oxygens (including phenoxy) is 1. The van der Waals surface area contributed by atoms with E-state index in [-0.39, 0.29) is 22.9 Å². The van der Waals surface area contributed by atoms with Gasteiger partial charge in [-0.05, 0) is 112 Å². The van der Waals surface area contributed by atoms with Crippen LogP contribution in [0.1, 0.15) is 127 Å². The molecule has 0 aromatic rings. The van der Waals surface area contributed by atoms with E-state index in [0.717, 1.165) is 18.3 Å². The highest BCUT2D eigenvalue weighted by Gasteiger charge is 2.63. The summed E-state index contributed by atoms with van der Waals surface area (Å²) < 4.78 is 5.87. The average Bonchev–Trinajstić information content (AvgIpc) is 3.01. The molecule has 0 aromatic heterocycles. The summed E-state index contributed by atoms with van der Waals surface area (Å²) in [6, 6.07) is 0. The Morgan fingerprint density at radius 3 is 2.32 bits per heavy atom. The molecule has 2 nitrogen and oxygen atoms in total. The molecule has 0 aromatic carbocycles. The van der Waals surface area contributed by atoms with Crippen molar-refractivity contribution in [1.29, 1.82) is 0 Å². The predicted molar refractivity (Wildman–Crippen MR) is 142 cm³/mol. The van der Waals surface area contributed by atoms with E-state index in [0.29, 0.717) is 16.7 Å². The second kappa shape index (κ2) is 8.81. The second-order valence-corrected chi connectivity index (χ2v) is 14.2. The van der Waals surface area contributed by atoms with Crippen LogP contribution in [-0.4, -0.2) is 12.1 Å². The fourth-order valence-electron chi connectivity index (χ4n) is 9.86. The van der Waals surface area contributed by atoms with Crippen molar-refractivity contribution in [2.75, 3.05) is 0 Å². The first-order valence-electron chi connectivity index (χ1n) is 14.3. The molecule has 0 bridgehead atoms. The lowest BCUT2D eigenvalue weighted by atomic mass is 9.43. The van der Waals surface area contributed by atoms with Gasteiger partial charge in [0.05, 0.1) is 0 Å². The Kier molecular flexibility index (Phi) is 6.74. The van der Waals surface area contributed by atoms with Crippen LogP contribution in [-0.2, 0) is 9.53 Å². The molecule has 192 valence electrons. The first-order chi connectivity index (χ1) is 15.8. The summed E-state index contributed by atoms with van der Waals surface area (Å²) in [4.78, 5) is 11.8. The fourth-order valence-corrected chi connectivity index (χ4v) is 9.86. The van der Waals surface area contributed by atoms with E-state index in [4.69, 9.17) is 4.74 Å². The van der Waals surface area contributed by atoms with Gasteiger partial charge in [0.15, 0.2) is 0 Å². The first kappa shape index (κ1) is 26.0. The van der Waals surface area contributed by atoms with Gasteiger partial charge in [0.25, 0.3) is 0 Å². The van der Waals surface area contributed by atoms with Crippen LogP contribution < -0.4 is 0 Å². The maximum atomic E-state index is 11.8. The molecule has 2 heteroatoms. The molecule has 7 atom stereocenters. The second-order valence-electron chi connectivity index (χ2n) is 14.2. The van der Waals surface area contributed by atoms with E-state index in [1.807, 2.05) is 11.1 Å². The number of fused-ring (bicyclic) bond motifs is 4. The number of carbonyl (C=O) groups is 1. The van der Waals surface area contributed by atoms with Crippen molar-refractivity contribution in [1.82, 2.24) is 0 Å². The number of hydrogen-bond acceptors (Lipinski definition) is 2. The third-order valence-electron chi connectivity index (χ3n) is 11.9. The predicted octanol–water partition coefficient (Wildman–Crippen LogP) is 9.05. The minimum Gasteiger partial charge on any atom is -0.462 e. The third kappa shape index (κ3) is 3.85. The number of rotatable bonds is 5. The molecule has 0 amide bonds. The smallest absolute Gasteiger partial charge is 0.302 e. The lowest BCUT2D eigenvalue weighted by molar-refractivity contribution is -0.167. The van der Waals surface area contributed by atoms with Gasteiger partial charge < -0.3 is 4.74 Å². The van der Waals surface area contributed by atoms with E-state index in [9.17, 15) is 4.79 Å². The molecule has 4 rings (SSSR count). The Balaban J connectivity index is 1.63. The third-order valence-corrected chi connectivity index (χ3v) is 11.9. The van der Waals surface area contributed by atoms with Gasteiger partial charge in [-0.2, -0.15) is 0 Å². The lowest BCUT2D eigenvalue weighted by Crippen LogP contribution is -2.55. The molecule has 0 unspecified atom stereocenters. The average molecular weight is 469 g/mol. The Morgan fingerprint density at radius 2 is 1.68 bits per heavy atom. The zero-order chi connectivity index (χ0) is 25.1. The molecular formula is C32H52O2. The molecule has 0 aliphatic heterocycles. The van der Waals surface area contributed by atoms with Gasteiger partial charge in [-0.15, -0.1) is 0 Å². The summed E-state index contributed by atoms with van der Waals surface area (Å²) in [6.07, 6.45) is 15.2. The summed E-state index contributed by atoms with van der Waals surface area (Å²) >= 11 is 0. The highest BCUT2D eigenvalue weighted by Crippen LogP contribution is 2.72. The molecule has 4 aliphatic carbocycles. The number of hydrogen-bond donors (Lipinski definition) is 0. The summed E-state index contributed by atoms with van der Waals surface area (Å²) in [5.41, 5.74) is 6.25. The zero-order valence-electron chi connectivity index (χ0n) is 23.8. The molecule has 0 saturated heterocycles. The Morgan fingerprint density at radius 1 is 0.971 bits per heavy atom. The summed E-state index contributed by atoms with van der Waals surface area (Å²) in [5.74, 6) is 2.13. The van der Waals surface area contributed by atoms with Crippen molar-refractivity contribution < 1.29 is 9.53 Å². The summed E-state index contributed by atoms with van der Waals surface area (Å²) in [7, 11) is 0. The van der Waals surface area contributed by atoms with Crippen LogP contribution in [0.5, 0.6) is 0 Å². The van der Waals surface area contributed by atoms with E-state index in [1.54, 1.807) is 6.92 Å². The summed E-state index contributed by atoms with van der Waals surface area (Å²) in [5, 5.41) is 0. The van der Waals surface area contributed by atoms with Crippen molar-refractivity contribution in [3.63, 3.8) is 0 Å². The van der Waals surface area contributed by atoms with Gasteiger partial charge in [-0.25, -0.2) is 0 Å². The SMILES string of the molecule is CC(=O)O[C@@H]1CC[C@]2(C)C3=C(CC[C@@H]2C1(C)C)[C@]1(C)CC[C@H]([C@@H](C)CCC=C(C)C)[C@@]1(C)CC3. The highest BCUT2D eigenvalue weighted by atomic mass is 16.5. The first-order valence-corrected chi connectivity index (χ1v) is 14.3. The van der Waals surface area contributed by atoms with Crippen molar-refractivity contribution in [3.8, 4) is 0 Å². The maximum absolute atomic E-state index is 11.8. The van der Waals surface area contributed by atoms with Crippen LogP contribution in [0.4, 0.5) is 0 Å². The van der Waals surface area contributed by atoms with E-state index in [1.165, 1.54) is 63.4 Å². The van der Waals surface area contributed by atoms with E-state index < -0.39 is 0 Å². The van der Waals surface area contributed by atoms with Crippen molar-refractivity contribution in [2.24, 2.45) is 39.4 Å². The largest absolute Gasteiger partial charge is 0.462 e. The molecule has 0 radical (unpaired) electrons. The topological polar surface area (TPSA) is 26.3 Å². The van der Waals surface area contributed by atoms with Crippen LogP contribution in [0.15, 0.2) is 22.8 Å². The molecule has 0 spiro atoms. The molecule has 2 fully saturated rings. The van der Waals surface area contributed by atoms with Crippen molar-refractivity contribution in [3.05, 3.63) is 22.8 Å². The number of carbonyl (C=O) groups excluding carboxylic acids is 1. The standard InChI is InChI=1S/C32H52O2/c1-21(2)11-10-12-22(3)24-15-19-32(9)26-13-14-27-29(5,6)28(34-23(4)33)17-18-30(27,7)25(26)16-20-31(24,32)8/h11,22,24,27-28H,10,12-20H2,1-9H3/t22-,24+,27+,28+,30+,31+,32-/m0/s1. The van der Waals surface area contributed by atoms with Crippen LogP contribution in [0.2, 0.25) is 0 Å². The van der Waals surface area contributed by atoms with Crippen LogP contribution in [0.3, 0.4) is 0 Å². The van der Waals surface area contributed by atoms with Crippen molar-refractivity contribution >= 4 is 5.97 Å². The van der Waals surface area contributed by atoms with Crippen molar-refractivity contribution in [2.45, 2.75) is 133 Å². The number of esters is 1. The Hall–Kier alpha value is -1.05. The molecule has 0 heterocycles. The van der Waals surface area contributed by atoms with Gasteiger partial charge in [0, 0.05) is 12.3 Å². The van der Waals surface area contributed by atoms with Gasteiger partial charge >= 0.3 is 5.97 Å². The summed E-state index contributed by atoms with van der Waals surface area (Å²) in [6.45, 7) is 21.2. The van der Waals surface area contributed by atoms with Crippen LogP contribution in [0.25, 0.3) is 0 Å². The van der Waals surface area contributed by atoms with Gasteiger partial charge in [0.1, 0.15) is 6.10 Å². The maximum Gasteiger partial charge on any atom is 0.302 e. The molecule has 4 aliphatic rings.